The Labute approximate surface area is 230 Å². The second kappa shape index (κ2) is 10.8. The summed E-state index contributed by atoms with van der Waals surface area (Å²) in [6, 6.07) is 1.92. The van der Waals surface area contributed by atoms with Crippen molar-refractivity contribution in [2.24, 2.45) is 5.92 Å². The summed E-state index contributed by atoms with van der Waals surface area (Å²) in [7, 11) is 0. The molecule has 1 fully saturated rings. The van der Waals surface area contributed by atoms with Crippen molar-refractivity contribution in [1.29, 1.82) is 0 Å². The van der Waals surface area contributed by atoms with Gasteiger partial charge in [0.15, 0.2) is 17.5 Å². The van der Waals surface area contributed by atoms with Gasteiger partial charge in [-0.25, -0.2) is 23.8 Å². The molecule has 0 saturated heterocycles. The van der Waals surface area contributed by atoms with E-state index in [4.69, 9.17) is 0 Å². The molecule has 5 rings (SSSR count). The van der Waals surface area contributed by atoms with Crippen LogP contribution in [0.5, 0.6) is 0 Å². The maximum absolute atomic E-state index is 15.1. The fraction of sp³-hybridized carbons (Fsp3) is 0.346. The molecule has 2 atom stereocenters. The van der Waals surface area contributed by atoms with Crippen LogP contribution in [0, 0.1) is 17.6 Å². The minimum Gasteiger partial charge on any atom is -0.380 e. The van der Waals surface area contributed by atoms with E-state index in [1.807, 2.05) is 0 Å². The van der Waals surface area contributed by atoms with Crippen LogP contribution in [-0.2, 0) is 18.9 Å². The Morgan fingerprint density at radius 3 is 2.36 bits per heavy atom. The van der Waals surface area contributed by atoms with E-state index in [9.17, 15) is 40.3 Å². The van der Waals surface area contributed by atoms with Crippen molar-refractivity contribution in [2.75, 3.05) is 5.32 Å². The molecule has 1 aromatic carbocycles. The maximum Gasteiger partial charge on any atom is 0.423 e. The molecular weight excluding hydrogens is 580 g/mol. The lowest BCUT2D eigenvalue weighted by molar-refractivity contribution is -0.139. The Hall–Kier alpha value is -4.37. The minimum atomic E-state index is -4.91. The monoisotopic (exact) mass is 600 g/mol. The van der Waals surface area contributed by atoms with Gasteiger partial charge in [-0.3, -0.25) is 9.59 Å². The first-order chi connectivity index (χ1) is 19.7. The first kappa shape index (κ1) is 29.1. The third-order valence-electron chi connectivity index (χ3n) is 7.10. The van der Waals surface area contributed by atoms with Crippen LogP contribution in [0.15, 0.2) is 46.5 Å². The van der Waals surface area contributed by atoms with Crippen LogP contribution in [-0.4, -0.2) is 30.8 Å². The summed E-state index contributed by atoms with van der Waals surface area (Å²) in [6.45, 7) is 0.0531. The van der Waals surface area contributed by atoms with Gasteiger partial charge >= 0.3 is 12.4 Å². The van der Waals surface area contributed by atoms with E-state index in [1.54, 1.807) is 5.10 Å². The number of pyridine rings is 1. The summed E-state index contributed by atoms with van der Waals surface area (Å²) >= 11 is 0. The molecule has 8 nitrogen and oxygen atoms in total. The maximum atomic E-state index is 15.1. The Bertz CT molecular complexity index is 1750. The van der Waals surface area contributed by atoms with E-state index in [2.05, 4.69) is 20.4 Å². The average Bonchev–Trinajstić information content (AvgIpc) is 2.91. The van der Waals surface area contributed by atoms with Crippen molar-refractivity contribution in [2.45, 2.75) is 50.6 Å². The molecule has 2 N–H and O–H groups in total. The zero-order valence-corrected chi connectivity index (χ0v) is 21.3. The quantitative estimate of drug-likeness (QED) is 0.292. The molecule has 3 aromatic heterocycles. The van der Waals surface area contributed by atoms with Crippen LogP contribution in [0.4, 0.5) is 40.8 Å². The topological polar surface area (TPSA) is 106 Å². The summed E-state index contributed by atoms with van der Waals surface area (Å²) in [6.07, 6.45) is -4.56. The first-order valence-corrected chi connectivity index (χ1v) is 12.6. The summed E-state index contributed by atoms with van der Waals surface area (Å²) in [5.74, 6) is -3.76. The highest BCUT2D eigenvalue weighted by Gasteiger charge is 2.38. The van der Waals surface area contributed by atoms with Gasteiger partial charge in [0.2, 0.25) is 0 Å². The SMILES string of the molecule is O=c1[nH]ncc(N[C@H]2CCCC(Cn3ccc4cc(-c5ncc(C(F)(F)F)cn5)c(F)c(F)c4c3=O)C2)c1C(F)(F)F. The zero-order chi connectivity index (χ0) is 30.4. The van der Waals surface area contributed by atoms with Gasteiger partial charge in [-0.1, -0.05) is 6.42 Å². The van der Waals surface area contributed by atoms with E-state index in [1.165, 1.54) is 16.8 Å². The third kappa shape index (κ3) is 5.69. The van der Waals surface area contributed by atoms with Gasteiger partial charge in [0, 0.05) is 31.2 Å². The van der Waals surface area contributed by atoms with Gasteiger partial charge in [0.05, 0.1) is 28.4 Å². The lowest BCUT2D eigenvalue weighted by atomic mass is 9.85. The van der Waals surface area contributed by atoms with E-state index < -0.39 is 74.7 Å². The smallest absolute Gasteiger partial charge is 0.380 e. The summed E-state index contributed by atoms with van der Waals surface area (Å²) in [5, 5.41) is 7.33. The number of H-pyrrole nitrogens is 1. The molecule has 0 spiro atoms. The molecule has 16 heteroatoms. The largest absolute Gasteiger partial charge is 0.423 e. The molecule has 0 aliphatic heterocycles. The summed E-state index contributed by atoms with van der Waals surface area (Å²) < 4.78 is 110. The highest BCUT2D eigenvalue weighted by molar-refractivity contribution is 5.86. The van der Waals surface area contributed by atoms with Gasteiger partial charge in [0.25, 0.3) is 11.1 Å². The molecule has 0 bridgehead atoms. The van der Waals surface area contributed by atoms with Gasteiger partial charge in [-0.05, 0) is 42.7 Å². The molecule has 0 radical (unpaired) electrons. The van der Waals surface area contributed by atoms with Crippen molar-refractivity contribution in [3.63, 3.8) is 0 Å². The van der Waals surface area contributed by atoms with Crippen LogP contribution in [0.25, 0.3) is 22.2 Å². The number of hydrogen-bond donors (Lipinski definition) is 2. The zero-order valence-electron chi connectivity index (χ0n) is 21.3. The Morgan fingerprint density at radius 2 is 1.69 bits per heavy atom. The number of aromatic nitrogens is 5. The van der Waals surface area contributed by atoms with Crippen LogP contribution in [0.1, 0.15) is 36.8 Å². The van der Waals surface area contributed by atoms with E-state index in [0.29, 0.717) is 38.1 Å². The number of halogens is 8. The van der Waals surface area contributed by atoms with Gasteiger partial charge in [-0.2, -0.15) is 31.4 Å². The van der Waals surface area contributed by atoms with E-state index in [-0.39, 0.29) is 17.8 Å². The molecule has 3 heterocycles. The van der Waals surface area contributed by atoms with Crippen molar-refractivity contribution >= 4 is 16.5 Å². The van der Waals surface area contributed by atoms with Crippen molar-refractivity contribution in [3.05, 3.63) is 80.4 Å². The minimum absolute atomic E-state index is 0.0293. The number of nitrogens with one attached hydrogen (secondary N) is 2. The molecule has 1 unspecified atom stereocenters. The molecule has 1 aliphatic rings. The molecule has 4 aromatic rings. The van der Waals surface area contributed by atoms with E-state index in [0.717, 1.165) is 12.3 Å². The number of fused-ring (bicyclic) bond motifs is 1. The molecule has 42 heavy (non-hydrogen) atoms. The average molecular weight is 600 g/mol. The molecule has 1 aliphatic carbocycles. The predicted octanol–water partition coefficient (Wildman–Crippen LogP) is 5.53. The highest BCUT2D eigenvalue weighted by atomic mass is 19.4. The highest BCUT2D eigenvalue weighted by Crippen LogP contribution is 2.35. The summed E-state index contributed by atoms with van der Waals surface area (Å²) in [4.78, 5) is 31.9. The first-order valence-electron chi connectivity index (χ1n) is 12.6. The Balaban J connectivity index is 1.39. The number of rotatable bonds is 5. The number of nitrogens with zero attached hydrogens (tertiary/aromatic N) is 4. The van der Waals surface area contributed by atoms with Gasteiger partial charge in [-0.15, -0.1) is 0 Å². The predicted molar refractivity (Wildman–Crippen MR) is 133 cm³/mol. The van der Waals surface area contributed by atoms with Gasteiger partial charge < -0.3 is 9.88 Å². The Morgan fingerprint density at radius 1 is 0.976 bits per heavy atom. The number of alkyl halides is 6. The molecule has 1 saturated carbocycles. The van der Waals surface area contributed by atoms with Gasteiger partial charge in [0.1, 0.15) is 5.56 Å². The molecule has 0 amide bonds. The van der Waals surface area contributed by atoms with Crippen LogP contribution >= 0.6 is 0 Å². The lowest BCUT2D eigenvalue weighted by Crippen LogP contribution is -2.33. The van der Waals surface area contributed by atoms with Crippen LogP contribution < -0.4 is 16.4 Å². The summed E-state index contributed by atoms with van der Waals surface area (Å²) in [5.41, 5.74) is -5.82. The number of hydrogen-bond acceptors (Lipinski definition) is 6. The fourth-order valence-corrected chi connectivity index (χ4v) is 5.17. The second-order valence-electron chi connectivity index (χ2n) is 9.94. The number of benzene rings is 1. The standard InChI is InChI=1S/C26H20F8N6O2/c27-20-16(22-35-8-14(9-36-22)25(29,30)31)7-13-4-5-40(24(42)18(13)21(20)28)11-12-2-1-3-15(6-12)38-17-10-37-39-23(41)19(17)26(32,33)34/h4-5,7-10,12,15H,1-3,6,11H2,(H2,38,39,41)/t12?,15-/m0/s1. The third-order valence-corrected chi connectivity index (χ3v) is 7.10. The van der Waals surface area contributed by atoms with Crippen molar-refractivity contribution in [1.82, 2.24) is 24.7 Å². The molecular formula is C26H20F8N6O2. The van der Waals surface area contributed by atoms with Crippen molar-refractivity contribution in [3.8, 4) is 11.4 Å². The van der Waals surface area contributed by atoms with Crippen LogP contribution in [0.3, 0.4) is 0 Å². The lowest BCUT2D eigenvalue weighted by Gasteiger charge is -2.31. The number of anilines is 1. The Kier molecular flexibility index (Phi) is 7.49. The van der Waals surface area contributed by atoms with E-state index >= 15 is 4.39 Å². The second-order valence-corrected chi connectivity index (χ2v) is 9.94. The fourth-order valence-electron chi connectivity index (χ4n) is 5.17. The molecule has 222 valence electrons. The number of aromatic amines is 1. The van der Waals surface area contributed by atoms with Crippen molar-refractivity contribution < 1.29 is 35.1 Å². The van der Waals surface area contributed by atoms with Crippen LogP contribution in [0.2, 0.25) is 0 Å². The normalized spacial score (nSPS) is 17.9.